The van der Waals surface area contributed by atoms with Gasteiger partial charge in [0.2, 0.25) is 0 Å². The first-order valence-corrected chi connectivity index (χ1v) is 4.87. The zero-order valence-corrected chi connectivity index (χ0v) is 8.57. The topological polar surface area (TPSA) is 50.2 Å². The van der Waals surface area contributed by atoms with Crippen molar-refractivity contribution in [3.05, 3.63) is 30.1 Å². The second-order valence-electron chi connectivity index (χ2n) is 2.71. The molecule has 0 saturated carbocycles. The molecule has 3 nitrogen and oxygen atoms in total. The maximum absolute atomic E-state index is 10.5. The van der Waals surface area contributed by atoms with Gasteiger partial charge in [-0.3, -0.25) is 9.78 Å². The lowest BCUT2D eigenvalue weighted by atomic mass is 10.1. The first kappa shape index (κ1) is 10.2. The Morgan fingerprint density at radius 2 is 2.46 bits per heavy atom. The highest BCUT2D eigenvalue weighted by atomic mass is 79.9. The van der Waals surface area contributed by atoms with Gasteiger partial charge in [-0.2, -0.15) is 0 Å². The first-order chi connectivity index (χ1) is 6.20. The summed E-state index contributed by atoms with van der Waals surface area (Å²) in [5.41, 5.74) is 1.06. The van der Waals surface area contributed by atoms with E-state index in [9.17, 15) is 4.79 Å². The van der Waals surface area contributed by atoms with E-state index in [0.717, 1.165) is 12.0 Å². The van der Waals surface area contributed by atoms with Crippen LogP contribution in [0.3, 0.4) is 0 Å². The van der Waals surface area contributed by atoms with Crippen LogP contribution in [0.1, 0.15) is 12.0 Å². The summed E-state index contributed by atoms with van der Waals surface area (Å²) < 4.78 is 0. The van der Waals surface area contributed by atoms with Crippen molar-refractivity contribution in [2.45, 2.75) is 17.7 Å². The zero-order valence-electron chi connectivity index (χ0n) is 6.98. The fourth-order valence-corrected chi connectivity index (χ4v) is 1.19. The highest BCUT2D eigenvalue weighted by Gasteiger charge is 2.12. The Morgan fingerprint density at radius 3 is 3.00 bits per heavy atom. The zero-order chi connectivity index (χ0) is 9.68. The Bertz CT molecular complexity index is 276. The highest BCUT2D eigenvalue weighted by Crippen LogP contribution is 2.10. The number of carboxylic acid groups (broad SMARTS) is 1. The monoisotopic (exact) mass is 243 g/mol. The second-order valence-corrected chi connectivity index (χ2v) is 3.81. The Labute approximate surface area is 84.9 Å². The Kier molecular flexibility index (Phi) is 3.89. The molecule has 1 rings (SSSR count). The van der Waals surface area contributed by atoms with Gasteiger partial charge in [-0.25, -0.2) is 0 Å². The van der Waals surface area contributed by atoms with Crippen LogP contribution in [0.15, 0.2) is 24.5 Å². The molecule has 0 spiro atoms. The maximum atomic E-state index is 10.5. The van der Waals surface area contributed by atoms with Gasteiger partial charge in [0.15, 0.2) is 0 Å². The fourth-order valence-electron chi connectivity index (χ4n) is 0.963. The molecule has 70 valence electrons. The van der Waals surface area contributed by atoms with Gasteiger partial charge >= 0.3 is 5.97 Å². The van der Waals surface area contributed by atoms with Crippen LogP contribution < -0.4 is 0 Å². The van der Waals surface area contributed by atoms with Crippen molar-refractivity contribution in [2.24, 2.45) is 0 Å². The maximum Gasteiger partial charge on any atom is 0.317 e. The highest BCUT2D eigenvalue weighted by molar-refractivity contribution is 9.10. The SMILES string of the molecule is O=C(O)C(Br)CCc1cccnc1. The molecule has 0 saturated heterocycles. The molecule has 13 heavy (non-hydrogen) atoms. The second kappa shape index (κ2) is 4.97. The minimum Gasteiger partial charge on any atom is -0.480 e. The number of pyridine rings is 1. The molecule has 1 atom stereocenters. The van der Waals surface area contributed by atoms with E-state index in [0.29, 0.717) is 6.42 Å². The standard InChI is InChI=1S/C9H10BrNO2/c10-8(9(12)13)4-3-7-2-1-5-11-6-7/h1-2,5-6,8H,3-4H2,(H,12,13). The molecule has 1 unspecified atom stereocenters. The Hall–Kier alpha value is -0.900. The van der Waals surface area contributed by atoms with Crippen LogP contribution in [-0.2, 0) is 11.2 Å². The van der Waals surface area contributed by atoms with Crippen LogP contribution in [0, 0.1) is 0 Å². The molecule has 1 aromatic rings. The summed E-state index contributed by atoms with van der Waals surface area (Å²) in [5, 5.41) is 8.60. The van der Waals surface area contributed by atoms with Crippen molar-refractivity contribution >= 4 is 21.9 Å². The van der Waals surface area contributed by atoms with Gasteiger partial charge in [0, 0.05) is 12.4 Å². The number of rotatable bonds is 4. The number of hydrogen-bond acceptors (Lipinski definition) is 2. The third kappa shape index (κ3) is 3.55. The Balaban J connectivity index is 2.39. The van der Waals surface area contributed by atoms with Crippen LogP contribution in [0.25, 0.3) is 0 Å². The fraction of sp³-hybridized carbons (Fsp3) is 0.333. The van der Waals surface area contributed by atoms with Gasteiger partial charge in [-0.15, -0.1) is 0 Å². The number of alkyl halides is 1. The number of aryl methyl sites for hydroxylation is 1. The van der Waals surface area contributed by atoms with Crippen molar-refractivity contribution in [2.75, 3.05) is 0 Å². The summed E-state index contributed by atoms with van der Waals surface area (Å²) >= 11 is 3.08. The first-order valence-electron chi connectivity index (χ1n) is 3.96. The number of hydrogen-bond donors (Lipinski definition) is 1. The summed E-state index contributed by atoms with van der Waals surface area (Å²) in [4.78, 5) is 13.9. The quantitative estimate of drug-likeness (QED) is 0.822. The largest absolute Gasteiger partial charge is 0.480 e. The summed E-state index contributed by atoms with van der Waals surface area (Å²) in [5.74, 6) is -0.816. The number of nitrogens with zero attached hydrogens (tertiary/aromatic N) is 1. The van der Waals surface area contributed by atoms with Gasteiger partial charge in [0.05, 0.1) is 0 Å². The molecular formula is C9H10BrNO2. The Morgan fingerprint density at radius 1 is 1.69 bits per heavy atom. The lowest BCUT2D eigenvalue weighted by Gasteiger charge is -2.03. The van der Waals surface area contributed by atoms with E-state index >= 15 is 0 Å². The minimum absolute atomic E-state index is 0.465. The molecule has 1 N–H and O–H groups in total. The number of carbonyl (C=O) groups is 1. The van der Waals surface area contributed by atoms with E-state index < -0.39 is 10.8 Å². The predicted molar refractivity (Wildman–Crippen MR) is 52.9 cm³/mol. The summed E-state index contributed by atoms with van der Waals surface area (Å²) in [6, 6.07) is 3.79. The molecule has 1 heterocycles. The smallest absolute Gasteiger partial charge is 0.317 e. The van der Waals surface area contributed by atoms with Crippen LogP contribution in [0.2, 0.25) is 0 Å². The van der Waals surface area contributed by atoms with Crippen LogP contribution in [0.5, 0.6) is 0 Å². The van der Waals surface area contributed by atoms with Gasteiger partial charge in [-0.1, -0.05) is 22.0 Å². The normalized spacial score (nSPS) is 12.4. The third-order valence-electron chi connectivity index (χ3n) is 1.68. The molecule has 0 aromatic carbocycles. The third-order valence-corrected chi connectivity index (χ3v) is 2.53. The van der Waals surface area contributed by atoms with Crippen molar-refractivity contribution < 1.29 is 9.90 Å². The molecule has 0 aliphatic carbocycles. The number of carboxylic acids is 1. The van der Waals surface area contributed by atoms with Crippen molar-refractivity contribution in [1.29, 1.82) is 0 Å². The molecule has 4 heteroatoms. The molecule has 0 radical (unpaired) electrons. The minimum atomic E-state index is -0.816. The summed E-state index contributed by atoms with van der Waals surface area (Å²) in [6.07, 6.45) is 4.77. The van der Waals surface area contributed by atoms with Crippen molar-refractivity contribution in [3.8, 4) is 0 Å². The van der Waals surface area contributed by atoms with Gasteiger partial charge in [-0.05, 0) is 24.5 Å². The van der Waals surface area contributed by atoms with Crippen molar-refractivity contribution in [3.63, 3.8) is 0 Å². The lowest BCUT2D eigenvalue weighted by molar-refractivity contribution is -0.136. The van der Waals surface area contributed by atoms with E-state index in [2.05, 4.69) is 20.9 Å². The molecular weight excluding hydrogens is 234 g/mol. The van der Waals surface area contributed by atoms with Gasteiger partial charge < -0.3 is 5.11 Å². The molecule has 0 bridgehead atoms. The summed E-state index contributed by atoms with van der Waals surface area (Å²) in [7, 11) is 0. The van der Waals surface area contributed by atoms with E-state index in [1.807, 2.05) is 12.1 Å². The molecule has 1 aromatic heterocycles. The lowest BCUT2D eigenvalue weighted by Crippen LogP contribution is -2.13. The van der Waals surface area contributed by atoms with E-state index in [1.165, 1.54) is 0 Å². The van der Waals surface area contributed by atoms with E-state index in [-0.39, 0.29) is 0 Å². The van der Waals surface area contributed by atoms with Gasteiger partial charge in [0.25, 0.3) is 0 Å². The average molecular weight is 244 g/mol. The number of aromatic nitrogens is 1. The van der Waals surface area contributed by atoms with Crippen LogP contribution in [0.4, 0.5) is 0 Å². The van der Waals surface area contributed by atoms with E-state index in [4.69, 9.17) is 5.11 Å². The number of halogens is 1. The molecule has 0 fully saturated rings. The van der Waals surface area contributed by atoms with E-state index in [1.54, 1.807) is 12.4 Å². The number of aliphatic carboxylic acids is 1. The molecule has 0 amide bonds. The average Bonchev–Trinajstić information content (AvgIpc) is 2.15. The molecule has 0 aliphatic heterocycles. The van der Waals surface area contributed by atoms with Gasteiger partial charge in [0.1, 0.15) is 4.83 Å². The van der Waals surface area contributed by atoms with Crippen LogP contribution >= 0.6 is 15.9 Å². The summed E-state index contributed by atoms with van der Waals surface area (Å²) in [6.45, 7) is 0. The predicted octanol–water partition coefficient (Wildman–Crippen LogP) is 1.86. The molecule has 0 aliphatic rings. The van der Waals surface area contributed by atoms with Crippen molar-refractivity contribution in [1.82, 2.24) is 4.98 Å². The van der Waals surface area contributed by atoms with Crippen LogP contribution in [-0.4, -0.2) is 20.9 Å².